The van der Waals surface area contributed by atoms with Crippen LogP contribution in [0.4, 0.5) is 0 Å². The normalized spacial score (nSPS) is 34.4. The van der Waals surface area contributed by atoms with Gasteiger partial charge >= 0.3 is 0 Å². The number of aliphatic hydroxyl groups excluding tert-OH is 3. The maximum Gasteiger partial charge on any atom is 0.255 e. The van der Waals surface area contributed by atoms with Crippen molar-refractivity contribution < 1.29 is 39.9 Å². The Balaban J connectivity index is 2.06. The minimum atomic E-state index is -2.89. The highest BCUT2D eigenvalue weighted by Gasteiger charge is 2.67. The summed E-state index contributed by atoms with van der Waals surface area (Å²) in [7, 11) is 2.98. The molecule has 0 heterocycles. The molecule has 1 amide bonds. The van der Waals surface area contributed by atoms with E-state index in [0.29, 0.717) is 5.56 Å². The largest absolute Gasteiger partial charge is 0.510 e. The molecule has 0 unspecified atom stereocenters. The summed E-state index contributed by atoms with van der Waals surface area (Å²) in [5.74, 6) is -8.86. The Bertz CT molecular complexity index is 1140. The Kier molecular flexibility index (Phi) is 4.74. The van der Waals surface area contributed by atoms with Crippen molar-refractivity contribution in [2.24, 2.45) is 17.6 Å². The van der Waals surface area contributed by atoms with Crippen molar-refractivity contribution >= 4 is 17.5 Å². The van der Waals surface area contributed by atoms with Crippen molar-refractivity contribution in [3.63, 3.8) is 0 Å². The molecule has 3 aliphatic carbocycles. The number of primary amides is 1. The lowest BCUT2D eigenvalue weighted by molar-refractivity contribution is -0.162. The molecule has 0 fully saturated rings. The van der Waals surface area contributed by atoms with E-state index in [2.05, 4.69) is 0 Å². The molecular weight excluding hydrogens is 420 g/mol. The predicted molar refractivity (Wildman–Crippen MR) is 110 cm³/mol. The van der Waals surface area contributed by atoms with E-state index in [4.69, 9.17) is 5.73 Å². The molecule has 1 aromatic rings. The number of ketones is 2. The lowest BCUT2D eigenvalue weighted by Gasteiger charge is -2.53. The first-order valence-electron chi connectivity index (χ1n) is 10.0. The van der Waals surface area contributed by atoms with Gasteiger partial charge in [-0.15, -0.1) is 0 Å². The van der Waals surface area contributed by atoms with Crippen LogP contribution in [0.1, 0.15) is 28.8 Å². The Hall–Kier alpha value is -3.21. The van der Waals surface area contributed by atoms with Gasteiger partial charge < -0.3 is 31.3 Å². The van der Waals surface area contributed by atoms with E-state index >= 15 is 0 Å². The molecule has 6 atom stereocenters. The topological polar surface area (TPSA) is 182 Å². The van der Waals surface area contributed by atoms with Gasteiger partial charge in [0.25, 0.3) is 5.91 Å². The van der Waals surface area contributed by atoms with Crippen LogP contribution in [-0.2, 0) is 9.59 Å². The molecular formula is C22H24N2O8. The molecule has 1 aromatic carbocycles. The number of rotatable bonds is 2. The molecule has 0 aliphatic heterocycles. The van der Waals surface area contributed by atoms with Crippen molar-refractivity contribution in [2.45, 2.75) is 30.6 Å². The highest BCUT2D eigenvalue weighted by molar-refractivity contribution is 6.25. The number of carbonyl (C=O) groups excluding carboxylic acids is 3. The first-order chi connectivity index (χ1) is 14.9. The van der Waals surface area contributed by atoms with Gasteiger partial charge in [-0.25, -0.2) is 0 Å². The standard InChI is InChI=1S/C22H24N2O8/c1-7-8-5-4-6-9(25)11(8)16(26)12-10(7)17(27)14-15(24(2)3)18(28)13(21(23)31)20(30)22(14,32)19(12)29/h4-7,10,14-15,17,25,27-29,32H,1-3H3,(H2,23,31)/t7-,10+,14+,15+,17-,22-/m0/s1. The Morgan fingerprint density at radius 3 is 2.34 bits per heavy atom. The van der Waals surface area contributed by atoms with Gasteiger partial charge in [-0.05, 0) is 31.6 Å². The van der Waals surface area contributed by atoms with Gasteiger partial charge in [-0.2, -0.15) is 0 Å². The van der Waals surface area contributed by atoms with Crippen LogP contribution in [0.15, 0.2) is 40.9 Å². The first-order valence-corrected chi connectivity index (χ1v) is 10.0. The van der Waals surface area contributed by atoms with Gasteiger partial charge in [0.2, 0.25) is 5.78 Å². The summed E-state index contributed by atoms with van der Waals surface area (Å²) in [5, 5.41) is 55.0. The number of hydrogen-bond acceptors (Lipinski definition) is 9. The van der Waals surface area contributed by atoms with Crippen LogP contribution in [0.25, 0.3) is 0 Å². The molecule has 170 valence electrons. The van der Waals surface area contributed by atoms with Crippen molar-refractivity contribution in [2.75, 3.05) is 14.1 Å². The number of aliphatic hydroxyl groups is 4. The quantitative estimate of drug-likeness (QED) is 0.332. The smallest absolute Gasteiger partial charge is 0.255 e. The first kappa shape index (κ1) is 22.0. The van der Waals surface area contributed by atoms with Crippen molar-refractivity contribution in [1.29, 1.82) is 0 Å². The molecule has 4 rings (SSSR count). The van der Waals surface area contributed by atoms with Gasteiger partial charge in [0.1, 0.15) is 22.8 Å². The van der Waals surface area contributed by atoms with Crippen LogP contribution in [0.3, 0.4) is 0 Å². The number of nitrogens with two attached hydrogens (primary N) is 1. The van der Waals surface area contributed by atoms with Gasteiger partial charge in [-0.1, -0.05) is 19.1 Å². The van der Waals surface area contributed by atoms with E-state index in [1.165, 1.54) is 25.1 Å². The van der Waals surface area contributed by atoms with Crippen molar-refractivity contribution in [3.05, 3.63) is 52.0 Å². The van der Waals surface area contributed by atoms with Crippen molar-refractivity contribution in [3.8, 4) is 5.75 Å². The zero-order valence-electron chi connectivity index (χ0n) is 17.6. The Labute approximate surface area is 182 Å². The number of hydrogen-bond donors (Lipinski definition) is 6. The third-order valence-corrected chi connectivity index (χ3v) is 7.00. The average molecular weight is 444 g/mol. The number of carbonyl (C=O) groups is 3. The van der Waals surface area contributed by atoms with E-state index in [0.717, 1.165) is 0 Å². The predicted octanol–water partition coefficient (Wildman–Crippen LogP) is -0.348. The van der Waals surface area contributed by atoms with Crippen LogP contribution >= 0.6 is 0 Å². The fourth-order valence-electron chi connectivity index (χ4n) is 5.58. The summed E-state index contributed by atoms with van der Waals surface area (Å²) in [6.07, 6.45) is -1.59. The number of aromatic hydroxyl groups is 1. The second kappa shape index (κ2) is 6.89. The minimum Gasteiger partial charge on any atom is -0.510 e. The van der Waals surface area contributed by atoms with Crippen LogP contribution in [0, 0.1) is 11.8 Å². The second-order valence-electron chi connectivity index (χ2n) is 8.79. The minimum absolute atomic E-state index is 0.104. The van der Waals surface area contributed by atoms with Crippen molar-refractivity contribution in [1.82, 2.24) is 4.90 Å². The lowest BCUT2D eigenvalue weighted by atomic mass is 9.55. The highest BCUT2D eigenvalue weighted by Crippen LogP contribution is 2.55. The third-order valence-electron chi connectivity index (χ3n) is 7.00. The molecule has 10 heteroatoms. The van der Waals surface area contributed by atoms with E-state index in [9.17, 15) is 39.9 Å². The van der Waals surface area contributed by atoms with E-state index < -0.39 is 75.6 Å². The molecule has 3 aliphatic rings. The lowest BCUT2D eigenvalue weighted by Crippen LogP contribution is -2.68. The Morgan fingerprint density at radius 2 is 1.78 bits per heavy atom. The molecule has 10 nitrogen and oxygen atoms in total. The number of phenols is 1. The monoisotopic (exact) mass is 444 g/mol. The number of amides is 1. The second-order valence-corrected chi connectivity index (χ2v) is 8.79. The van der Waals surface area contributed by atoms with Gasteiger partial charge in [0, 0.05) is 11.5 Å². The van der Waals surface area contributed by atoms with E-state index in [1.54, 1.807) is 19.1 Å². The zero-order valence-corrected chi connectivity index (χ0v) is 17.6. The number of nitrogens with zero attached hydrogens (tertiary/aromatic N) is 1. The van der Waals surface area contributed by atoms with Gasteiger partial charge in [0.15, 0.2) is 11.4 Å². The number of phenolic OH excluding ortho intramolecular Hbond substituents is 1. The fourth-order valence-corrected chi connectivity index (χ4v) is 5.58. The number of benzene rings is 1. The number of likely N-dealkylation sites (N-methyl/N-ethyl adjacent to an activating group) is 1. The van der Waals surface area contributed by atoms with Gasteiger partial charge in [0.05, 0.1) is 23.6 Å². The number of Topliss-reactive ketones (excluding diaryl/α,β-unsaturated/α-hetero) is 2. The summed E-state index contributed by atoms with van der Waals surface area (Å²) >= 11 is 0. The van der Waals surface area contributed by atoms with Crippen LogP contribution in [-0.4, -0.2) is 79.7 Å². The fraction of sp³-hybridized carbons (Fsp3) is 0.409. The molecule has 32 heavy (non-hydrogen) atoms. The Morgan fingerprint density at radius 1 is 1.16 bits per heavy atom. The van der Waals surface area contributed by atoms with E-state index in [-0.39, 0.29) is 11.3 Å². The summed E-state index contributed by atoms with van der Waals surface area (Å²) in [6.45, 7) is 1.68. The molecule has 0 radical (unpaired) electrons. The summed E-state index contributed by atoms with van der Waals surface area (Å²) in [5.41, 5.74) is 1.36. The van der Waals surface area contributed by atoms with E-state index in [1.807, 2.05) is 0 Å². The SMILES string of the molecule is C[C@H]1c2cccc(O)c2C(=O)C2=C(O)[C@]3(O)C(=O)C(C(N)=O)=C(O)[C@H](N(C)C)[C@@H]3[C@@H](O)[C@@H]21. The molecule has 0 saturated heterocycles. The molecule has 0 spiro atoms. The maximum absolute atomic E-state index is 13.3. The van der Waals surface area contributed by atoms with Crippen LogP contribution in [0.5, 0.6) is 5.75 Å². The van der Waals surface area contributed by atoms with Gasteiger partial charge in [-0.3, -0.25) is 19.3 Å². The summed E-state index contributed by atoms with van der Waals surface area (Å²) < 4.78 is 0. The summed E-state index contributed by atoms with van der Waals surface area (Å²) in [6, 6.07) is 3.17. The molecule has 7 N–H and O–H groups in total. The highest BCUT2D eigenvalue weighted by atomic mass is 16.4. The third kappa shape index (κ3) is 2.48. The molecule has 0 saturated carbocycles. The zero-order chi connectivity index (χ0) is 23.9. The summed E-state index contributed by atoms with van der Waals surface area (Å²) in [4.78, 5) is 39.8. The molecule has 0 aromatic heterocycles. The van der Waals surface area contributed by atoms with Crippen LogP contribution in [0.2, 0.25) is 0 Å². The van der Waals surface area contributed by atoms with Crippen LogP contribution < -0.4 is 5.73 Å². The average Bonchev–Trinajstić information content (AvgIpc) is 2.70. The maximum atomic E-state index is 13.3. The number of fused-ring (bicyclic) bond motifs is 3. The molecule has 0 bridgehead atoms.